The summed E-state index contributed by atoms with van der Waals surface area (Å²) in [6, 6.07) is 28.3. The maximum absolute atomic E-state index is 14.0. The third kappa shape index (κ3) is 10.4. The fourth-order valence-electron chi connectivity index (χ4n) is 6.72. The number of piperazine rings is 1. The van der Waals surface area contributed by atoms with E-state index in [-0.39, 0.29) is 40.4 Å². The molecule has 2 saturated heterocycles. The van der Waals surface area contributed by atoms with Gasteiger partial charge < -0.3 is 28.6 Å². The second-order valence-electron chi connectivity index (χ2n) is 14.0. The molecule has 0 atom stereocenters. The van der Waals surface area contributed by atoms with E-state index in [0.717, 1.165) is 16.7 Å². The lowest BCUT2D eigenvalue weighted by molar-refractivity contribution is -0.150. The van der Waals surface area contributed by atoms with Gasteiger partial charge in [0.1, 0.15) is 23.9 Å². The molecule has 14 heteroatoms. The number of cyclic esters (lactones) is 2. The number of benzene rings is 4. The summed E-state index contributed by atoms with van der Waals surface area (Å²) in [4.78, 5) is 46.7. The number of rotatable bonds is 14. The molecule has 1 aromatic heterocycles. The van der Waals surface area contributed by atoms with E-state index in [4.69, 9.17) is 46.9 Å². The molecule has 0 radical (unpaired) electrons. The number of aryl methyl sites for hydroxylation is 1. The zero-order chi connectivity index (χ0) is 41.5. The van der Waals surface area contributed by atoms with E-state index in [9.17, 15) is 18.8 Å². The minimum absolute atomic E-state index is 0.189. The minimum Gasteiger partial charge on any atom is -0.493 e. The number of hydrogen-bond acceptors (Lipinski definition) is 10. The Hall–Kier alpha value is -5.95. The molecular weight excluding hydrogens is 800 g/mol. The van der Waals surface area contributed by atoms with E-state index in [2.05, 4.69) is 34.1 Å². The normalized spacial score (nSPS) is 15.0. The first-order valence-corrected chi connectivity index (χ1v) is 19.7. The van der Waals surface area contributed by atoms with Gasteiger partial charge >= 0.3 is 11.9 Å². The second-order valence-corrected chi connectivity index (χ2v) is 14.9. The van der Waals surface area contributed by atoms with Gasteiger partial charge in [-0.25, -0.2) is 19.0 Å². The van der Waals surface area contributed by atoms with E-state index in [0.29, 0.717) is 79.1 Å². The van der Waals surface area contributed by atoms with E-state index in [1.807, 2.05) is 18.2 Å². The number of esters is 2. The monoisotopic (exact) mass is 839 g/mol. The van der Waals surface area contributed by atoms with E-state index in [1.165, 1.54) is 18.3 Å². The summed E-state index contributed by atoms with van der Waals surface area (Å²) in [5.41, 5.74) is 4.55. The molecule has 5 aromatic rings. The molecule has 3 heterocycles. The highest BCUT2D eigenvalue weighted by molar-refractivity contribution is 6.33. The SMILES string of the molecule is C/C(C(=O)N1CCN(Cc2ccc(CCOc3ccc(F)cc3)cc2)CC1)=C(/c1cc(C)c(Oc2ccc(OCc3ccccc3Cl)cn2)c(Cl)c1)C1OC(=O)C(=O)O1. The van der Waals surface area contributed by atoms with Gasteiger partial charge in [0.25, 0.3) is 6.29 Å². The third-order valence-electron chi connectivity index (χ3n) is 9.93. The first kappa shape index (κ1) is 41.2. The van der Waals surface area contributed by atoms with Crippen LogP contribution in [0.5, 0.6) is 23.1 Å². The molecule has 1 amide bonds. The number of carbonyl (C=O) groups excluding carboxylic acids is 3. The van der Waals surface area contributed by atoms with Crippen molar-refractivity contribution in [1.82, 2.24) is 14.8 Å². The predicted octanol–water partition coefficient (Wildman–Crippen LogP) is 8.37. The van der Waals surface area contributed by atoms with Gasteiger partial charge in [-0.05, 0) is 84.6 Å². The molecule has 59 heavy (non-hydrogen) atoms. The van der Waals surface area contributed by atoms with E-state index >= 15 is 0 Å². The standard InChI is InChI=1S/C45H40Cl2FN3O8/c1-28-23-33(24-38(47)41(28)57-39-16-15-36(25-49-39)56-27-32-5-3-4-6-37(32)46)40(45-58-43(53)44(54)59-45)29(2)42(52)51-20-18-50(19-21-51)26-31-9-7-30(8-10-31)17-22-55-35-13-11-34(48)12-14-35/h3-16,23-25,45H,17-22,26-27H2,1-2H3/b40-29+. The van der Waals surface area contributed by atoms with Crippen LogP contribution >= 0.6 is 23.2 Å². The van der Waals surface area contributed by atoms with Crippen LogP contribution in [-0.4, -0.2) is 71.7 Å². The molecule has 0 bridgehead atoms. The summed E-state index contributed by atoms with van der Waals surface area (Å²) in [5.74, 6) is -1.18. The molecule has 2 aliphatic rings. The van der Waals surface area contributed by atoms with Crippen molar-refractivity contribution in [3.63, 3.8) is 0 Å². The van der Waals surface area contributed by atoms with Gasteiger partial charge in [-0.15, -0.1) is 0 Å². The Balaban J connectivity index is 0.984. The third-order valence-corrected chi connectivity index (χ3v) is 10.6. The highest BCUT2D eigenvalue weighted by Gasteiger charge is 2.40. The number of aromatic nitrogens is 1. The van der Waals surface area contributed by atoms with Crippen molar-refractivity contribution in [1.29, 1.82) is 0 Å². The molecule has 11 nitrogen and oxygen atoms in total. The predicted molar refractivity (Wildman–Crippen MR) is 219 cm³/mol. The topological polar surface area (TPSA) is 117 Å². The Morgan fingerprint density at radius 2 is 1.51 bits per heavy atom. The lowest BCUT2D eigenvalue weighted by atomic mass is 9.97. The summed E-state index contributed by atoms with van der Waals surface area (Å²) in [7, 11) is 0. The summed E-state index contributed by atoms with van der Waals surface area (Å²) in [5, 5.41) is 0.795. The average molecular weight is 841 g/mol. The number of pyridine rings is 1. The van der Waals surface area contributed by atoms with Crippen molar-refractivity contribution >= 4 is 46.6 Å². The average Bonchev–Trinajstić information content (AvgIpc) is 3.57. The molecule has 2 aliphatic heterocycles. The van der Waals surface area contributed by atoms with Crippen LogP contribution in [0.15, 0.2) is 109 Å². The lowest BCUT2D eigenvalue weighted by Gasteiger charge is -2.35. The molecule has 304 valence electrons. The zero-order valence-electron chi connectivity index (χ0n) is 32.3. The fraction of sp³-hybridized carbons (Fsp3) is 0.244. The molecule has 0 N–H and O–H groups in total. The van der Waals surface area contributed by atoms with Crippen LogP contribution < -0.4 is 14.2 Å². The molecule has 2 fully saturated rings. The summed E-state index contributed by atoms with van der Waals surface area (Å²) in [6.45, 7) is 7.02. The maximum atomic E-state index is 14.0. The van der Waals surface area contributed by atoms with Crippen LogP contribution in [0.4, 0.5) is 4.39 Å². The van der Waals surface area contributed by atoms with Gasteiger partial charge in [0.05, 0.1) is 17.8 Å². The minimum atomic E-state index is -1.44. The Kier molecular flexibility index (Phi) is 13.1. The maximum Gasteiger partial charge on any atom is 0.420 e. The van der Waals surface area contributed by atoms with Crippen molar-refractivity contribution in [2.75, 3.05) is 32.8 Å². The van der Waals surface area contributed by atoms with Crippen molar-refractivity contribution < 1.29 is 42.5 Å². The lowest BCUT2D eigenvalue weighted by Crippen LogP contribution is -2.48. The molecule has 7 rings (SSSR count). The summed E-state index contributed by atoms with van der Waals surface area (Å²) < 4.78 is 41.3. The van der Waals surface area contributed by atoms with Crippen LogP contribution in [0, 0.1) is 12.7 Å². The van der Waals surface area contributed by atoms with Gasteiger partial charge in [-0.2, -0.15) is 0 Å². The van der Waals surface area contributed by atoms with Gasteiger partial charge in [-0.3, -0.25) is 9.69 Å². The Labute approximate surface area is 350 Å². The Bertz CT molecular complexity index is 2310. The summed E-state index contributed by atoms with van der Waals surface area (Å²) >= 11 is 13.0. The molecule has 0 unspecified atom stereocenters. The van der Waals surface area contributed by atoms with Gasteiger partial charge in [0.15, 0.2) is 5.75 Å². The van der Waals surface area contributed by atoms with Gasteiger partial charge in [-0.1, -0.05) is 65.7 Å². The largest absolute Gasteiger partial charge is 0.493 e. The van der Waals surface area contributed by atoms with Crippen LogP contribution in [0.25, 0.3) is 5.57 Å². The number of halogens is 3. The quantitative estimate of drug-likeness (QED) is 0.0614. The molecule has 0 spiro atoms. The Morgan fingerprint density at radius 1 is 0.831 bits per heavy atom. The molecular formula is C45H40Cl2FN3O8. The van der Waals surface area contributed by atoms with E-state index < -0.39 is 18.2 Å². The van der Waals surface area contributed by atoms with Crippen molar-refractivity contribution in [2.24, 2.45) is 0 Å². The number of nitrogens with zero attached hydrogens (tertiary/aromatic N) is 3. The van der Waals surface area contributed by atoms with Crippen LogP contribution in [-0.2, 0) is 43.4 Å². The van der Waals surface area contributed by atoms with Crippen LogP contribution in [0.3, 0.4) is 0 Å². The van der Waals surface area contributed by atoms with E-state index in [1.54, 1.807) is 61.2 Å². The van der Waals surface area contributed by atoms with Crippen LogP contribution in [0.1, 0.15) is 34.7 Å². The highest BCUT2D eigenvalue weighted by atomic mass is 35.5. The second kappa shape index (κ2) is 18.8. The smallest absolute Gasteiger partial charge is 0.420 e. The van der Waals surface area contributed by atoms with Crippen molar-refractivity contribution in [3.8, 4) is 23.1 Å². The molecule has 0 aliphatic carbocycles. The molecule has 0 saturated carbocycles. The Morgan fingerprint density at radius 3 is 2.17 bits per heavy atom. The van der Waals surface area contributed by atoms with Crippen molar-refractivity contribution in [3.05, 3.63) is 153 Å². The number of ether oxygens (including phenoxy) is 5. The van der Waals surface area contributed by atoms with Crippen molar-refractivity contribution in [2.45, 2.75) is 39.7 Å². The summed E-state index contributed by atoms with van der Waals surface area (Å²) in [6.07, 6.45) is 0.794. The molecule has 4 aromatic carbocycles. The van der Waals surface area contributed by atoms with Gasteiger partial charge in [0.2, 0.25) is 11.8 Å². The van der Waals surface area contributed by atoms with Gasteiger partial charge in [0, 0.05) is 66.9 Å². The first-order chi connectivity index (χ1) is 28.5. The number of carbonyl (C=O) groups is 3. The van der Waals surface area contributed by atoms with Crippen LogP contribution in [0.2, 0.25) is 10.0 Å². The number of hydrogen-bond donors (Lipinski definition) is 0. The zero-order valence-corrected chi connectivity index (χ0v) is 33.8. The number of amides is 1. The fourth-order valence-corrected chi connectivity index (χ4v) is 7.22. The first-order valence-electron chi connectivity index (χ1n) is 18.9. The highest BCUT2D eigenvalue weighted by Crippen LogP contribution is 2.38.